The van der Waals surface area contributed by atoms with Crippen molar-refractivity contribution in [2.75, 3.05) is 38.2 Å². The number of nitrogens with zero attached hydrogens (tertiary/aromatic N) is 3. The van der Waals surface area contributed by atoms with Crippen LogP contribution in [0.15, 0.2) is 52.9 Å². The highest BCUT2D eigenvalue weighted by Crippen LogP contribution is 2.28. The van der Waals surface area contributed by atoms with Crippen LogP contribution >= 0.6 is 0 Å². The van der Waals surface area contributed by atoms with E-state index in [4.69, 9.17) is 9.15 Å². The molecule has 2 aromatic carbocycles. The number of methoxy groups -OCH3 is 1. The van der Waals surface area contributed by atoms with Gasteiger partial charge in [0.2, 0.25) is 5.89 Å². The molecule has 1 fully saturated rings. The highest BCUT2D eigenvalue weighted by Gasteiger charge is 2.33. The largest absolute Gasteiger partial charge is 0.468 e. The third-order valence-corrected chi connectivity index (χ3v) is 7.33. The topological polar surface area (TPSA) is 105 Å². The lowest BCUT2D eigenvalue weighted by Gasteiger charge is -2.36. The molecular weight excluding hydrogens is 444 g/mol. The number of piperazine rings is 1. The zero-order chi connectivity index (χ0) is 23.6. The van der Waals surface area contributed by atoms with E-state index in [1.807, 2.05) is 48.5 Å². The lowest BCUT2D eigenvalue weighted by atomic mass is 10.1. The van der Waals surface area contributed by atoms with Crippen molar-refractivity contribution in [2.24, 2.45) is 5.92 Å². The van der Waals surface area contributed by atoms with Gasteiger partial charge in [0.15, 0.2) is 5.58 Å². The van der Waals surface area contributed by atoms with Gasteiger partial charge in [0.05, 0.1) is 7.11 Å². The molecule has 9 nitrogen and oxygen atoms in total. The average Bonchev–Trinajstić information content (AvgIpc) is 3.26. The molecule has 0 unspecified atom stereocenters. The Morgan fingerprint density at radius 2 is 1.79 bits per heavy atom. The summed E-state index contributed by atoms with van der Waals surface area (Å²) in [6.07, 6.45) is 0. The van der Waals surface area contributed by atoms with Crippen LogP contribution in [0.2, 0.25) is 0 Å². The standard InChI is InChI=1S/C23H28N4O5S/c1-16(2)21(23(28)31-3)25-33(29,30)27-13-11-26(12-14-27)18-9-10-20-19(15-18)24-22(32-20)17-7-5-4-6-8-17/h4-10,15-16,21,25H,11-14H2,1-3H3/t21-/m1/s1. The zero-order valence-electron chi connectivity index (χ0n) is 18.9. The highest BCUT2D eigenvalue weighted by atomic mass is 32.2. The van der Waals surface area contributed by atoms with E-state index in [1.54, 1.807) is 13.8 Å². The third kappa shape index (κ3) is 5.02. The molecule has 1 atom stereocenters. The number of hydrogen-bond donors (Lipinski definition) is 1. The summed E-state index contributed by atoms with van der Waals surface area (Å²) in [5.74, 6) is -0.262. The van der Waals surface area contributed by atoms with Crippen molar-refractivity contribution in [3.8, 4) is 11.5 Å². The minimum Gasteiger partial charge on any atom is -0.468 e. The van der Waals surface area contributed by atoms with Crippen LogP contribution in [0.4, 0.5) is 5.69 Å². The molecule has 33 heavy (non-hydrogen) atoms. The van der Waals surface area contributed by atoms with E-state index in [9.17, 15) is 13.2 Å². The van der Waals surface area contributed by atoms with E-state index >= 15 is 0 Å². The fraction of sp³-hybridized carbons (Fsp3) is 0.391. The van der Waals surface area contributed by atoms with Gasteiger partial charge in [0, 0.05) is 37.4 Å². The average molecular weight is 473 g/mol. The molecule has 1 N–H and O–H groups in total. The smallest absolute Gasteiger partial charge is 0.324 e. The fourth-order valence-corrected chi connectivity index (χ4v) is 5.30. The number of rotatable bonds is 7. The molecule has 0 aliphatic carbocycles. The second-order valence-electron chi connectivity index (χ2n) is 8.29. The molecule has 4 rings (SSSR count). The lowest BCUT2D eigenvalue weighted by molar-refractivity contribution is -0.143. The van der Waals surface area contributed by atoms with Crippen molar-refractivity contribution in [2.45, 2.75) is 19.9 Å². The van der Waals surface area contributed by atoms with Crippen molar-refractivity contribution in [1.29, 1.82) is 0 Å². The van der Waals surface area contributed by atoms with Crippen molar-refractivity contribution >= 4 is 33.0 Å². The maximum absolute atomic E-state index is 12.8. The molecular formula is C23H28N4O5S. The number of hydrogen-bond acceptors (Lipinski definition) is 7. The fourth-order valence-electron chi connectivity index (χ4n) is 3.82. The van der Waals surface area contributed by atoms with Crippen LogP contribution in [0.25, 0.3) is 22.6 Å². The molecule has 1 aliphatic heterocycles. The van der Waals surface area contributed by atoms with E-state index in [0.717, 1.165) is 16.8 Å². The molecule has 0 spiro atoms. The number of carbonyl (C=O) groups is 1. The van der Waals surface area contributed by atoms with E-state index in [0.29, 0.717) is 37.7 Å². The predicted molar refractivity (Wildman–Crippen MR) is 126 cm³/mol. The summed E-state index contributed by atoms with van der Waals surface area (Å²) in [5, 5.41) is 0. The van der Waals surface area contributed by atoms with Gasteiger partial charge >= 0.3 is 5.97 Å². The number of anilines is 1. The first-order chi connectivity index (χ1) is 15.8. The second-order valence-corrected chi connectivity index (χ2v) is 9.99. The van der Waals surface area contributed by atoms with Gasteiger partial charge in [0.1, 0.15) is 11.6 Å². The zero-order valence-corrected chi connectivity index (χ0v) is 19.7. The summed E-state index contributed by atoms with van der Waals surface area (Å²) >= 11 is 0. The summed E-state index contributed by atoms with van der Waals surface area (Å²) in [5.41, 5.74) is 3.31. The molecule has 3 aromatic rings. The van der Waals surface area contributed by atoms with Gasteiger partial charge in [-0.1, -0.05) is 32.0 Å². The number of benzene rings is 2. The number of ether oxygens (including phenoxy) is 1. The van der Waals surface area contributed by atoms with Gasteiger partial charge < -0.3 is 14.1 Å². The summed E-state index contributed by atoms with van der Waals surface area (Å²) in [6.45, 7) is 5.16. The first kappa shape index (κ1) is 23.2. The van der Waals surface area contributed by atoms with E-state index < -0.39 is 22.2 Å². The van der Waals surface area contributed by atoms with Crippen molar-refractivity contribution in [3.05, 3.63) is 48.5 Å². The Morgan fingerprint density at radius 3 is 2.42 bits per heavy atom. The number of esters is 1. The highest BCUT2D eigenvalue weighted by molar-refractivity contribution is 7.87. The number of oxazole rings is 1. The van der Waals surface area contributed by atoms with Crippen molar-refractivity contribution in [1.82, 2.24) is 14.0 Å². The van der Waals surface area contributed by atoms with Gasteiger partial charge in [-0.2, -0.15) is 17.4 Å². The maximum atomic E-state index is 12.8. The molecule has 1 aliphatic rings. The van der Waals surface area contributed by atoms with Gasteiger partial charge in [0.25, 0.3) is 10.2 Å². The lowest BCUT2D eigenvalue weighted by Crippen LogP contribution is -2.56. The first-order valence-corrected chi connectivity index (χ1v) is 12.3. The molecule has 0 bridgehead atoms. The third-order valence-electron chi connectivity index (χ3n) is 5.73. The van der Waals surface area contributed by atoms with Crippen LogP contribution in [0.5, 0.6) is 0 Å². The number of nitrogens with one attached hydrogen (secondary N) is 1. The van der Waals surface area contributed by atoms with E-state index in [1.165, 1.54) is 11.4 Å². The molecule has 0 radical (unpaired) electrons. The van der Waals surface area contributed by atoms with Gasteiger partial charge in [-0.05, 0) is 36.2 Å². The molecule has 0 saturated carbocycles. The van der Waals surface area contributed by atoms with Crippen LogP contribution in [0.1, 0.15) is 13.8 Å². The van der Waals surface area contributed by atoms with Crippen LogP contribution < -0.4 is 9.62 Å². The summed E-state index contributed by atoms with van der Waals surface area (Å²) in [7, 11) is -2.57. The predicted octanol–water partition coefficient (Wildman–Crippen LogP) is 2.65. The minimum absolute atomic E-state index is 0.233. The maximum Gasteiger partial charge on any atom is 0.324 e. The monoisotopic (exact) mass is 472 g/mol. The van der Waals surface area contributed by atoms with E-state index in [2.05, 4.69) is 14.6 Å². The van der Waals surface area contributed by atoms with Crippen LogP contribution in [0, 0.1) is 5.92 Å². The second kappa shape index (κ2) is 9.50. The van der Waals surface area contributed by atoms with Crippen LogP contribution in [-0.4, -0.2) is 63.0 Å². The van der Waals surface area contributed by atoms with Crippen molar-refractivity contribution in [3.63, 3.8) is 0 Å². The molecule has 2 heterocycles. The number of carbonyl (C=O) groups excluding carboxylic acids is 1. The first-order valence-electron chi connectivity index (χ1n) is 10.8. The number of fused-ring (bicyclic) bond motifs is 1. The molecule has 10 heteroatoms. The Hall–Kier alpha value is -2.95. The van der Waals surface area contributed by atoms with Gasteiger partial charge in [-0.25, -0.2) is 4.98 Å². The van der Waals surface area contributed by atoms with Crippen molar-refractivity contribution < 1.29 is 22.4 Å². The van der Waals surface area contributed by atoms with Gasteiger partial charge in [-0.3, -0.25) is 4.79 Å². The molecule has 1 aromatic heterocycles. The normalized spacial score (nSPS) is 16.3. The molecule has 1 saturated heterocycles. The SMILES string of the molecule is COC(=O)[C@H](NS(=O)(=O)N1CCN(c2ccc3oc(-c4ccccc4)nc3c2)CC1)C(C)C. The summed E-state index contributed by atoms with van der Waals surface area (Å²) < 4.78 is 40.2. The number of aromatic nitrogens is 1. The quantitative estimate of drug-likeness (QED) is 0.527. The Bertz CT molecular complexity index is 1220. The van der Waals surface area contributed by atoms with E-state index in [-0.39, 0.29) is 5.92 Å². The Labute approximate surface area is 193 Å². The minimum atomic E-state index is -3.82. The Morgan fingerprint density at radius 1 is 1.09 bits per heavy atom. The molecule has 176 valence electrons. The van der Waals surface area contributed by atoms with Crippen LogP contribution in [-0.2, 0) is 19.7 Å². The Kier molecular flexibility index (Phi) is 6.68. The van der Waals surface area contributed by atoms with Gasteiger partial charge in [-0.15, -0.1) is 0 Å². The van der Waals surface area contributed by atoms with Crippen LogP contribution in [0.3, 0.4) is 0 Å². The summed E-state index contributed by atoms with van der Waals surface area (Å²) in [4.78, 5) is 18.7. The molecule has 0 amide bonds. The Balaban J connectivity index is 1.44. The summed E-state index contributed by atoms with van der Waals surface area (Å²) in [6, 6.07) is 14.6.